The Morgan fingerprint density at radius 2 is 1.68 bits per heavy atom. The highest BCUT2D eigenvalue weighted by Crippen LogP contribution is 2.40. The van der Waals surface area contributed by atoms with Gasteiger partial charge < -0.3 is 18.9 Å². The number of fused-ring (bicyclic) bond motifs is 1. The monoisotopic (exact) mass is 591 g/mol. The van der Waals surface area contributed by atoms with E-state index in [1.54, 1.807) is 54.6 Å². The molecule has 3 aromatic rings. The van der Waals surface area contributed by atoms with E-state index in [0.29, 0.717) is 55.8 Å². The van der Waals surface area contributed by atoms with Crippen LogP contribution in [0.25, 0.3) is 6.08 Å². The molecule has 2 aliphatic heterocycles. The van der Waals surface area contributed by atoms with Crippen molar-refractivity contribution >= 4 is 63.8 Å². The highest BCUT2D eigenvalue weighted by Gasteiger charge is 2.35. The van der Waals surface area contributed by atoms with Gasteiger partial charge in [-0.15, -0.1) is 0 Å². The van der Waals surface area contributed by atoms with Crippen LogP contribution in [0, 0.1) is 0 Å². The summed E-state index contributed by atoms with van der Waals surface area (Å²) < 4.78 is 22.4. The molecule has 0 aliphatic carbocycles. The van der Waals surface area contributed by atoms with Crippen LogP contribution in [-0.4, -0.2) is 29.4 Å². The average molecular weight is 593 g/mol. The summed E-state index contributed by atoms with van der Waals surface area (Å²) in [7, 11) is 0. The Labute approximate surface area is 238 Å². The van der Waals surface area contributed by atoms with Crippen molar-refractivity contribution in [2.75, 3.05) is 13.4 Å². The minimum atomic E-state index is -0.413. The van der Waals surface area contributed by atoms with Crippen LogP contribution in [0.1, 0.15) is 23.6 Å². The van der Waals surface area contributed by atoms with Crippen LogP contribution < -0.4 is 18.9 Å². The molecule has 0 radical (unpaired) electrons. The number of nitrogens with zero attached hydrogens (tertiary/aromatic N) is 1. The highest BCUT2D eigenvalue weighted by atomic mass is 35.5. The summed E-state index contributed by atoms with van der Waals surface area (Å²) in [5, 5.41) is 1.04. The van der Waals surface area contributed by atoms with Crippen molar-refractivity contribution in [2.45, 2.75) is 20.1 Å². The Balaban J connectivity index is 1.32. The van der Waals surface area contributed by atoms with Gasteiger partial charge >= 0.3 is 0 Å². The molecule has 1 fully saturated rings. The van der Waals surface area contributed by atoms with Crippen molar-refractivity contribution in [2.24, 2.45) is 0 Å². The lowest BCUT2D eigenvalue weighted by Gasteiger charge is -2.14. The number of carbonyl (C=O) groups excluding carboxylic acids is 2. The molecule has 0 unspecified atom stereocenters. The lowest BCUT2D eigenvalue weighted by Crippen LogP contribution is -2.27. The summed E-state index contributed by atoms with van der Waals surface area (Å²) in [6.07, 6.45) is 1.65. The molecule has 11 heteroatoms. The standard InChI is InChI=1S/C27H20Cl3NO6S/c1-2-34-22-7-15(3-6-21(22)35-13-16-4-5-18(28)10-19(16)29)8-25-26(32)31(27(33)38-25)12-17-9-23-24(11-20(17)30)37-14-36-23/h3-11H,2,12-14H2,1H3/b25-8-. The minimum absolute atomic E-state index is 0.0156. The molecule has 3 aromatic carbocycles. The number of halogens is 3. The van der Waals surface area contributed by atoms with E-state index in [1.807, 2.05) is 6.92 Å². The van der Waals surface area contributed by atoms with Gasteiger partial charge in [0.2, 0.25) is 6.79 Å². The number of carbonyl (C=O) groups is 2. The van der Waals surface area contributed by atoms with E-state index in [4.69, 9.17) is 53.8 Å². The molecule has 0 bridgehead atoms. The van der Waals surface area contributed by atoms with Gasteiger partial charge in [-0.3, -0.25) is 14.5 Å². The zero-order valence-electron chi connectivity index (χ0n) is 20.0. The fourth-order valence-electron chi connectivity index (χ4n) is 3.83. The smallest absolute Gasteiger partial charge is 0.293 e. The summed E-state index contributed by atoms with van der Waals surface area (Å²) in [6, 6.07) is 13.8. The van der Waals surface area contributed by atoms with Crippen LogP contribution in [0.4, 0.5) is 4.79 Å². The van der Waals surface area contributed by atoms with Crippen LogP contribution in [0.15, 0.2) is 53.4 Å². The van der Waals surface area contributed by atoms with Crippen molar-refractivity contribution in [3.63, 3.8) is 0 Å². The molecule has 38 heavy (non-hydrogen) atoms. The maximum atomic E-state index is 13.1. The summed E-state index contributed by atoms with van der Waals surface area (Å²) >= 11 is 19.4. The van der Waals surface area contributed by atoms with Gasteiger partial charge in [0.15, 0.2) is 23.0 Å². The zero-order valence-corrected chi connectivity index (χ0v) is 23.0. The van der Waals surface area contributed by atoms with Crippen molar-refractivity contribution in [1.29, 1.82) is 0 Å². The van der Waals surface area contributed by atoms with Crippen molar-refractivity contribution in [3.8, 4) is 23.0 Å². The third-order valence-corrected chi connectivity index (χ3v) is 7.55. The molecule has 0 spiro atoms. The van der Waals surface area contributed by atoms with Crippen LogP contribution in [0.3, 0.4) is 0 Å². The number of thioether (sulfide) groups is 1. The quantitative estimate of drug-likeness (QED) is 0.250. The number of ether oxygens (including phenoxy) is 4. The Morgan fingerprint density at radius 3 is 2.45 bits per heavy atom. The number of hydrogen-bond donors (Lipinski definition) is 0. The largest absolute Gasteiger partial charge is 0.490 e. The van der Waals surface area contributed by atoms with Gasteiger partial charge in [-0.05, 0) is 66.2 Å². The Kier molecular flexibility index (Phi) is 7.95. The molecule has 2 aliphatic rings. The predicted octanol–water partition coefficient (Wildman–Crippen LogP) is 7.59. The summed E-state index contributed by atoms with van der Waals surface area (Å²) in [5.74, 6) is 1.65. The van der Waals surface area contributed by atoms with Gasteiger partial charge in [0.25, 0.3) is 11.1 Å². The SMILES string of the molecule is CCOc1cc(/C=C2\SC(=O)N(Cc3cc4c(cc3Cl)OCO4)C2=O)ccc1OCc1ccc(Cl)cc1Cl. The molecule has 196 valence electrons. The van der Waals surface area contributed by atoms with E-state index in [2.05, 4.69) is 0 Å². The number of hydrogen-bond acceptors (Lipinski definition) is 7. The maximum Gasteiger partial charge on any atom is 0.293 e. The van der Waals surface area contributed by atoms with Crippen LogP contribution in [0.5, 0.6) is 23.0 Å². The third-order valence-electron chi connectivity index (χ3n) is 5.71. The normalized spacial score (nSPS) is 15.5. The van der Waals surface area contributed by atoms with E-state index in [0.717, 1.165) is 22.2 Å². The highest BCUT2D eigenvalue weighted by molar-refractivity contribution is 8.18. The molecule has 1 saturated heterocycles. The Morgan fingerprint density at radius 1 is 0.921 bits per heavy atom. The van der Waals surface area contributed by atoms with Gasteiger partial charge in [0.05, 0.1) is 18.1 Å². The first-order valence-electron chi connectivity index (χ1n) is 11.5. The molecule has 0 N–H and O–H groups in total. The third kappa shape index (κ3) is 5.68. The van der Waals surface area contributed by atoms with Gasteiger partial charge in [0.1, 0.15) is 6.61 Å². The van der Waals surface area contributed by atoms with E-state index in [1.165, 1.54) is 0 Å². The Hall–Kier alpha value is -3.04. The number of amides is 2. The van der Waals surface area contributed by atoms with Gasteiger partial charge in [-0.25, -0.2) is 0 Å². The molecule has 2 amide bonds. The first kappa shape index (κ1) is 26.6. The lowest BCUT2D eigenvalue weighted by molar-refractivity contribution is -0.123. The van der Waals surface area contributed by atoms with Crippen molar-refractivity contribution < 1.29 is 28.5 Å². The topological polar surface area (TPSA) is 74.3 Å². The maximum absolute atomic E-state index is 13.1. The second kappa shape index (κ2) is 11.4. The Bertz CT molecular complexity index is 1460. The molecule has 7 nitrogen and oxygen atoms in total. The van der Waals surface area contributed by atoms with Gasteiger partial charge in [-0.2, -0.15) is 0 Å². The molecular formula is C27H20Cl3NO6S. The van der Waals surface area contributed by atoms with Crippen LogP contribution in [0.2, 0.25) is 15.1 Å². The van der Waals surface area contributed by atoms with E-state index >= 15 is 0 Å². The fourth-order valence-corrected chi connectivity index (χ4v) is 5.35. The summed E-state index contributed by atoms with van der Waals surface area (Å²) in [4.78, 5) is 27.2. The van der Waals surface area contributed by atoms with Crippen LogP contribution in [-0.2, 0) is 17.9 Å². The second-order valence-electron chi connectivity index (χ2n) is 8.23. The number of rotatable bonds is 8. The van der Waals surface area contributed by atoms with Gasteiger partial charge in [0, 0.05) is 26.7 Å². The fraction of sp³-hybridized carbons (Fsp3) is 0.185. The molecule has 0 atom stereocenters. The lowest BCUT2D eigenvalue weighted by atomic mass is 10.1. The van der Waals surface area contributed by atoms with Gasteiger partial charge in [-0.1, -0.05) is 46.9 Å². The predicted molar refractivity (Wildman–Crippen MR) is 147 cm³/mol. The molecule has 5 rings (SSSR count). The average Bonchev–Trinajstić information content (AvgIpc) is 3.43. The molecule has 0 saturated carbocycles. The molecular weight excluding hydrogens is 573 g/mol. The number of imide groups is 1. The van der Waals surface area contributed by atoms with E-state index in [-0.39, 0.29) is 30.1 Å². The van der Waals surface area contributed by atoms with Crippen molar-refractivity contribution in [3.05, 3.63) is 85.2 Å². The van der Waals surface area contributed by atoms with Crippen molar-refractivity contribution in [1.82, 2.24) is 4.90 Å². The zero-order chi connectivity index (χ0) is 26.8. The van der Waals surface area contributed by atoms with E-state index in [9.17, 15) is 9.59 Å². The first-order chi connectivity index (χ1) is 18.3. The van der Waals surface area contributed by atoms with E-state index < -0.39 is 5.91 Å². The number of benzene rings is 3. The van der Waals surface area contributed by atoms with Crippen LogP contribution >= 0.6 is 46.6 Å². The minimum Gasteiger partial charge on any atom is -0.490 e. The first-order valence-corrected chi connectivity index (χ1v) is 13.4. The molecule has 0 aromatic heterocycles. The summed E-state index contributed by atoms with van der Waals surface area (Å²) in [5.41, 5.74) is 2.04. The molecule has 2 heterocycles. The second-order valence-corrected chi connectivity index (χ2v) is 10.5. The summed E-state index contributed by atoms with van der Waals surface area (Å²) in [6.45, 7) is 2.60.